The van der Waals surface area contributed by atoms with Crippen molar-refractivity contribution in [3.8, 4) is 40.1 Å². The zero-order valence-corrected chi connectivity index (χ0v) is 45.4. The molecular formula is C56H57F2N16O2S2+. The average molecular weight is 1090 g/mol. The van der Waals surface area contributed by atoms with Gasteiger partial charge in [0.25, 0.3) is 5.69 Å². The lowest BCUT2D eigenvalue weighted by molar-refractivity contribution is -0.667. The van der Waals surface area contributed by atoms with Crippen molar-refractivity contribution in [3.05, 3.63) is 114 Å². The van der Waals surface area contributed by atoms with Crippen molar-refractivity contribution in [2.24, 2.45) is 0 Å². The summed E-state index contributed by atoms with van der Waals surface area (Å²) in [6.07, 6.45) is 20.4. The second kappa shape index (κ2) is 21.0. The molecule has 78 heavy (non-hydrogen) atoms. The van der Waals surface area contributed by atoms with Crippen LogP contribution in [0.3, 0.4) is 0 Å². The van der Waals surface area contributed by atoms with Gasteiger partial charge in [0.1, 0.15) is 39.5 Å². The standard InChI is InChI=1S/C56H57F2N16O2S2/c1-34-43(29-64-73(34)40-11-18-68(19-12-40)55(75)47-9-6-16-66(47)3)36-22-49(51-38(25-59)27-63-70(51)31-36)77-54-46(58)24-42(28-62-54)71-33-39(26-60)52-50(78-53-45(57)8-5-15-61-53)23-37(32-72(52)71)44-30-65-74(35(44)2)41-13-20-69(21-14-41)56(76)48-10-7-17-67(48)4/h5,8,15,22-24,27-33,40-41,47-48H,6-7,9-14,16-21H2,1-4H3/q+1/t47-,48+/m0/s1. The Kier molecular flexibility index (Phi) is 13.8. The highest BCUT2D eigenvalue weighted by molar-refractivity contribution is 7.99. The number of carbonyl (C=O) groups excluding carboxylic acids is 2. The summed E-state index contributed by atoms with van der Waals surface area (Å²) in [5, 5.41) is 35.2. The number of carbonyl (C=O) groups is 2. The number of rotatable bonds is 11. The van der Waals surface area contributed by atoms with Crippen molar-refractivity contribution in [2.45, 2.75) is 109 Å². The van der Waals surface area contributed by atoms with E-state index < -0.39 is 11.6 Å². The van der Waals surface area contributed by atoms with Crippen molar-refractivity contribution in [3.63, 3.8) is 0 Å². The van der Waals surface area contributed by atoms with Crippen LogP contribution in [-0.4, -0.2) is 141 Å². The Bertz CT molecular complexity index is 3740. The molecule has 0 saturated carbocycles. The number of pyridine rings is 4. The third-order valence-corrected chi connectivity index (χ3v) is 18.4. The average Bonchev–Trinajstić information content (AvgIpc) is 4.47. The highest BCUT2D eigenvalue weighted by atomic mass is 32.2. The fourth-order valence-electron chi connectivity index (χ4n) is 12.1. The van der Waals surface area contributed by atoms with Crippen LogP contribution in [-0.2, 0) is 9.59 Å². The smallest absolute Gasteiger partial charge is 0.257 e. The Hall–Kier alpha value is -7.50. The van der Waals surface area contributed by atoms with Gasteiger partial charge in [-0.1, -0.05) is 28.2 Å². The summed E-state index contributed by atoms with van der Waals surface area (Å²) < 4.78 is 41.3. The second-order valence-corrected chi connectivity index (χ2v) is 22.9. The Morgan fingerprint density at radius 1 is 0.654 bits per heavy atom. The van der Waals surface area contributed by atoms with Crippen LogP contribution in [0.1, 0.15) is 86.0 Å². The number of halogens is 2. The van der Waals surface area contributed by atoms with Crippen LogP contribution in [0.2, 0.25) is 0 Å². The molecule has 398 valence electrons. The molecule has 8 aromatic rings. The Morgan fingerprint density at radius 3 is 1.73 bits per heavy atom. The number of likely N-dealkylation sites (N-methyl/N-ethyl adjacent to an activating group) is 2. The van der Waals surface area contributed by atoms with Gasteiger partial charge in [-0.05, 0) is 117 Å². The molecular weight excluding hydrogens is 1030 g/mol. The number of likely N-dealkylation sites (tertiary alicyclic amines) is 4. The van der Waals surface area contributed by atoms with Gasteiger partial charge in [0, 0.05) is 82.0 Å². The summed E-state index contributed by atoms with van der Waals surface area (Å²) in [5.74, 6) is -0.747. The van der Waals surface area contributed by atoms with E-state index in [2.05, 4.69) is 37.0 Å². The lowest BCUT2D eigenvalue weighted by Gasteiger charge is -2.35. The Balaban J connectivity index is 0.846. The normalized spacial score (nSPS) is 18.9. The summed E-state index contributed by atoms with van der Waals surface area (Å²) in [7, 11) is 4.04. The second-order valence-electron chi connectivity index (χ2n) is 20.9. The highest BCUT2D eigenvalue weighted by Gasteiger charge is 2.36. The molecule has 4 fully saturated rings. The number of piperidine rings is 2. The number of hydrogen-bond donors (Lipinski definition) is 0. The lowest BCUT2D eigenvalue weighted by atomic mass is 10.0. The highest BCUT2D eigenvalue weighted by Crippen LogP contribution is 2.40. The van der Waals surface area contributed by atoms with E-state index in [0.29, 0.717) is 58.3 Å². The SMILES string of the molecule is Cc1c(-c2cc(Sc3ncccc3F)c3c(C#N)c[n+](-c4cnc(Sc5cc(-c6cnn(C7CCN(C(=O)[C@@H]8CCCN8C)CC7)c6C)cn6ncc(C#N)c56)c(F)c4)n3c2)cnn1C1CCN(C(=O)[C@H]2CCCN2C)CC1. The number of hydrogen-bond acceptors (Lipinski definition) is 13. The molecule has 0 spiro atoms. The van der Waals surface area contributed by atoms with Gasteiger partial charge in [0.15, 0.2) is 11.6 Å². The van der Waals surface area contributed by atoms with Gasteiger partial charge < -0.3 is 9.80 Å². The van der Waals surface area contributed by atoms with E-state index in [1.54, 1.807) is 19.9 Å². The number of nitriles is 2. The predicted octanol–water partition coefficient (Wildman–Crippen LogP) is 7.84. The quantitative estimate of drug-likeness (QED) is 0.114. The van der Waals surface area contributed by atoms with Gasteiger partial charge in [-0.3, -0.25) is 28.8 Å². The monoisotopic (exact) mass is 1090 g/mol. The molecule has 4 aliphatic rings. The molecule has 2 atom stereocenters. The first-order valence-corrected chi connectivity index (χ1v) is 28.1. The molecule has 12 heterocycles. The lowest BCUT2D eigenvalue weighted by Crippen LogP contribution is -2.47. The first-order valence-electron chi connectivity index (χ1n) is 26.5. The minimum absolute atomic E-state index is 0.0417. The molecule has 0 radical (unpaired) electrons. The first kappa shape index (κ1) is 51.3. The van der Waals surface area contributed by atoms with E-state index in [1.807, 2.05) is 84.0 Å². The molecule has 18 nitrogen and oxygen atoms in total. The molecule has 0 unspecified atom stereocenters. The third-order valence-electron chi connectivity index (χ3n) is 16.3. The van der Waals surface area contributed by atoms with Crippen LogP contribution in [0.25, 0.3) is 39.0 Å². The molecule has 0 bridgehead atoms. The minimum Gasteiger partial charge on any atom is -0.341 e. The van der Waals surface area contributed by atoms with Gasteiger partial charge >= 0.3 is 0 Å². The zero-order valence-electron chi connectivity index (χ0n) is 43.8. The van der Waals surface area contributed by atoms with Crippen molar-refractivity contribution in [1.29, 1.82) is 10.5 Å². The van der Waals surface area contributed by atoms with Crippen LogP contribution >= 0.6 is 23.5 Å². The largest absolute Gasteiger partial charge is 0.341 e. The van der Waals surface area contributed by atoms with Gasteiger partial charge in [0.05, 0.1) is 66.1 Å². The van der Waals surface area contributed by atoms with Gasteiger partial charge in [-0.15, -0.1) is 4.52 Å². The topological polar surface area (TPSA) is 182 Å². The first-order chi connectivity index (χ1) is 37.9. The van der Waals surface area contributed by atoms with E-state index in [9.17, 15) is 20.1 Å². The molecule has 2 amide bonds. The van der Waals surface area contributed by atoms with Crippen LogP contribution < -0.4 is 4.68 Å². The summed E-state index contributed by atoms with van der Waals surface area (Å²) in [4.78, 5) is 45.2. The molecule has 4 saturated heterocycles. The van der Waals surface area contributed by atoms with Crippen LogP contribution in [0, 0.1) is 48.1 Å². The Morgan fingerprint density at radius 2 is 1.21 bits per heavy atom. The minimum atomic E-state index is -0.644. The third kappa shape index (κ3) is 9.27. The summed E-state index contributed by atoms with van der Waals surface area (Å²) in [5.41, 5.74) is 6.87. The molecule has 22 heteroatoms. The molecule has 0 aliphatic carbocycles. The maximum Gasteiger partial charge on any atom is 0.257 e. The maximum absolute atomic E-state index is 16.9. The fourth-order valence-corrected chi connectivity index (χ4v) is 14.0. The fraction of sp³-hybridized carbons (Fsp3) is 0.393. The van der Waals surface area contributed by atoms with E-state index in [-0.39, 0.29) is 51.6 Å². The number of fused-ring (bicyclic) bond motifs is 2. The molecule has 12 rings (SSSR count). The van der Waals surface area contributed by atoms with E-state index in [1.165, 1.54) is 36.8 Å². The van der Waals surface area contributed by atoms with Crippen LogP contribution in [0.15, 0.2) is 99.7 Å². The number of nitrogens with zero attached hydrogens (tertiary/aromatic N) is 16. The summed E-state index contributed by atoms with van der Waals surface area (Å²) in [6.45, 7) is 8.54. The van der Waals surface area contributed by atoms with Crippen molar-refractivity contribution in [2.75, 3.05) is 53.4 Å². The number of amides is 2. The molecule has 4 aliphatic heterocycles. The van der Waals surface area contributed by atoms with E-state index in [0.717, 1.165) is 122 Å². The number of aromatic nitrogens is 10. The predicted molar refractivity (Wildman–Crippen MR) is 287 cm³/mol. The Labute approximate surface area is 457 Å². The summed E-state index contributed by atoms with van der Waals surface area (Å²) >= 11 is 2.16. The molecule has 8 aromatic heterocycles. The van der Waals surface area contributed by atoms with Crippen molar-refractivity contribution < 1.29 is 23.1 Å². The molecule has 0 aromatic carbocycles. The van der Waals surface area contributed by atoms with Crippen molar-refractivity contribution in [1.82, 2.24) is 63.3 Å². The zero-order chi connectivity index (χ0) is 53.9. The van der Waals surface area contributed by atoms with E-state index in [4.69, 9.17) is 10.2 Å². The van der Waals surface area contributed by atoms with E-state index >= 15 is 8.78 Å². The maximum atomic E-state index is 16.9. The molecule has 0 N–H and O–H groups in total. The van der Waals surface area contributed by atoms with Gasteiger partial charge in [-0.2, -0.15) is 25.8 Å². The van der Waals surface area contributed by atoms with Crippen molar-refractivity contribution >= 4 is 46.4 Å². The van der Waals surface area contributed by atoms with Crippen LogP contribution in [0.5, 0.6) is 0 Å². The van der Waals surface area contributed by atoms with Gasteiger partial charge in [0.2, 0.25) is 18.0 Å². The summed E-state index contributed by atoms with van der Waals surface area (Å²) in [6, 6.07) is 12.6. The van der Waals surface area contributed by atoms with Gasteiger partial charge in [-0.25, -0.2) is 23.3 Å². The van der Waals surface area contributed by atoms with Crippen LogP contribution in [0.4, 0.5) is 8.78 Å².